The molecule has 0 amide bonds. The molecule has 0 spiro atoms. The Morgan fingerprint density at radius 1 is 1.44 bits per heavy atom. The Labute approximate surface area is 94.7 Å². The summed E-state index contributed by atoms with van der Waals surface area (Å²) in [7, 11) is 0. The smallest absolute Gasteiger partial charge is 0.0628 e. The van der Waals surface area contributed by atoms with E-state index in [-0.39, 0.29) is 5.92 Å². The molecule has 1 unspecified atom stereocenters. The van der Waals surface area contributed by atoms with Crippen LogP contribution in [0.5, 0.6) is 0 Å². The second-order valence-electron chi connectivity index (χ2n) is 3.88. The maximum atomic E-state index is 8.69. The molecule has 0 aliphatic heterocycles. The normalized spacial score (nSPS) is 12.0. The molecular formula is C13H13N3. The molecular weight excluding hydrogens is 198 g/mol. The molecule has 0 fully saturated rings. The minimum Gasteiger partial charge on any atom is -0.285 e. The Hall–Kier alpha value is -2.08. The monoisotopic (exact) mass is 211 g/mol. The molecule has 0 radical (unpaired) electrons. The first-order valence-corrected chi connectivity index (χ1v) is 5.27. The number of aromatic amines is 1. The van der Waals surface area contributed by atoms with Gasteiger partial charge in [-0.1, -0.05) is 31.2 Å². The van der Waals surface area contributed by atoms with Gasteiger partial charge in [0.1, 0.15) is 0 Å². The van der Waals surface area contributed by atoms with E-state index >= 15 is 0 Å². The molecule has 0 aliphatic carbocycles. The standard InChI is InChI=1S/C13H13N3/c1-10(5-6-14)11-3-2-4-12(7-11)13-8-15-16-9-13/h2-4,7-10H,5H2,1H3,(H,15,16). The molecule has 0 aliphatic rings. The summed E-state index contributed by atoms with van der Waals surface area (Å²) in [5.41, 5.74) is 3.40. The van der Waals surface area contributed by atoms with Crippen molar-refractivity contribution in [2.75, 3.05) is 0 Å². The van der Waals surface area contributed by atoms with Crippen molar-refractivity contribution >= 4 is 0 Å². The van der Waals surface area contributed by atoms with Crippen molar-refractivity contribution in [3.63, 3.8) is 0 Å². The number of hydrogen-bond acceptors (Lipinski definition) is 2. The average Bonchev–Trinajstić information content (AvgIpc) is 2.83. The lowest BCUT2D eigenvalue weighted by molar-refractivity contribution is 0.789. The van der Waals surface area contributed by atoms with Crippen molar-refractivity contribution in [2.24, 2.45) is 0 Å². The molecule has 2 rings (SSSR count). The van der Waals surface area contributed by atoms with Crippen molar-refractivity contribution in [1.29, 1.82) is 5.26 Å². The first-order valence-electron chi connectivity index (χ1n) is 5.27. The number of aromatic nitrogens is 2. The minimum absolute atomic E-state index is 0.275. The van der Waals surface area contributed by atoms with Gasteiger partial charge in [-0.2, -0.15) is 10.4 Å². The summed E-state index contributed by atoms with van der Waals surface area (Å²) in [6.45, 7) is 2.07. The molecule has 16 heavy (non-hydrogen) atoms. The molecule has 1 aromatic heterocycles. The van der Waals surface area contributed by atoms with Crippen LogP contribution in [0.4, 0.5) is 0 Å². The number of rotatable bonds is 3. The zero-order chi connectivity index (χ0) is 11.4. The van der Waals surface area contributed by atoms with Gasteiger partial charge in [-0.25, -0.2) is 0 Å². The van der Waals surface area contributed by atoms with Crippen LogP contribution in [0.25, 0.3) is 11.1 Å². The lowest BCUT2D eigenvalue weighted by Crippen LogP contribution is -1.92. The number of benzene rings is 1. The van der Waals surface area contributed by atoms with Gasteiger partial charge in [0.15, 0.2) is 0 Å². The quantitative estimate of drug-likeness (QED) is 0.848. The maximum Gasteiger partial charge on any atom is 0.0628 e. The van der Waals surface area contributed by atoms with E-state index in [9.17, 15) is 0 Å². The Bertz CT molecular complexity index is 494. The maximum absolute atomic E-state index is 8.69. The van der Waals surface area contributed by atoms with Crippen molar-refractivity contribution in [3.8, 4) is 17.2 Å². The summed E-state index contributed by atoms with van der Waals surface area (Å²) < 4.78 is 0. The summed E-state index contributed by atoms with van der Waals surface area (Å²) in [4.78, 5) is 0. The molecule has 2 aromatic rings. The predicted octanol–water partition coefficient (Wildman–Crippen LogP) is 3.09. The molecule has 0 saturated carbocycles. The van der Waals surface area contributed by atoms with Crippen LogP contribution >= 0.6 is 0 Å². The molecule has 3 nitrogen and oxygen atoms in total. The number of nitriles is 1. The van der Waals surface area contributed by atoms with Crippen LogP contribution in [0.1, 0.15) is 24.8 Å². The molecule has 1 aromatic carbocycles. The van der Waals surface area contributed by atoms with Gasteiger partial charge in [-0.05, 0) is 17.0 Å². The highest BCUT2D eigenvalue weighted by molar-refractivity contribution is 5.62. The second-order valence-corrected chi connectivity index (χ2v) is 3.88. The fraction of sp³-hybridized carbons (Fsp3) is 0.231. The lowest BCUT2D eigenvalue weighted by atomic mass is 9.95. The number of hydrogen-bond donors (Lipinski definition) is 1. The highest BCUT2D eigenvalue weighted by atomic mass is 15.1. The van der Waals surface area contributed by atoms with E-state index in [0.717, 1.165) is 11.1 Å². The van der Waals surface area contributed by atoms with Crippen LogP contribution in [0.15, 0.2) is 36.7 Å². The van der Waals surface area contributed by atoms with Crippen LogP contribution in [-0.4, -0.2) is 10.2 Å². The molecule has 80 valence electrons. The third-order valence-electron chi connectivity index (χ3n) is 2.68. The van der Waals surface area contributed by atoms with E-state index in [1.54, 1.807) is 6.20 Å². The highest BCUT2D eigenvalue weighted by Crippen LogP contribution is 2.24. The van der Waals surface area contributed by atoms with E-state index < -0.39 is 0 Å². The minimum atomic E-state index is 0.275. The third kappa shape index (κ3) is 2.12. The topological polar surface area (TPSA) is 52.5 Å². The predicted molar refractivity (Wildman–Crippen MR) is 62.7 cm³/mol. The van der Waals surface area contributed by atoms with Crippen LogP contribution in [0.3, 0.4) is 0 Å². The Balaban J connectivity index is 2.31. The van der Waals surface area contributed by atoms with Crippen LogP contribution < -0.4 is 0 Å². The second kappa shape index (κ2) is 4.63. The van der Waals surface area contributed by atoms with Crippen molar-refractivity contribution in [1.82, 2.24) is 10.2 Å². The average molecular weight is 211 g/mol. The molecule has 3 heteroatoms. The van der Waals surface area contributed by atoms with Gasteiger partial charge >= 0.3 is 0 Å². The summed E-state index contributed by atoms with van der Waals surface area (Å²) >= 11 is 0. The van der Waals surface area contributed by atoms with Gasteiger partial charge in [0.05, 0.1) is 12.3 Å². The molecule has 1 atom stereocenters. The SMILES string of the molecule is CC(CC#N)c1cccc(-c2cn[nH]c2)c1. The van der Waals surface area contributed by atoms with E-state index in [4.69, 9.17) is 5.26 Å². The highest BCUT2D eigenvalue weighted by Gasteiger charge is 2.06. The summed E-state index contributed by atoms with van der Waals surface area (Å²) in [6.07, 6.45) is 4.22. The van der Waals surface area contributed by atoms with Gasteiger partial charge in [0.25, 0.3) is 0 Å². The van der Waals surface area contributed by atoms with Gasteiger partial charge in [0.2, 0.25) is 0 Å². The van der Waals surface area contributed by atoms with E-state index in [0.29, 0.717) is 6.42 Å². The number of H-pyrrole nitrogens is 1. The van der Waals surface area contributed by atoms with E-state index in [1.807, 2.05) is 18.3 Å². The van der Waals surface area contributed by atoms with Crippen molar-refractivity contribution in [3.05, 3.63) is 42.2 Å². The first kappa shape index (κ1) is 10.4. The molecule has 1 heterocycles. The largest absolute Gasteiger partial charge is 0.285 e. The van der Waals surface area contributed by atoms with Crippen LogP contribution in [0.2, 0.25) is 0 Å². The van der Waals surface area contributed by atoms with Gasteiger partial charge in [-0.15, -0.1) is 0 Å². The fourth-order valence-electron chi connectivity index (χ4n) is 1.69. The summed E-state index contributed by atoms with van der Waals surface area (Å²) in [5.74, 6) is 0.275. The Morgan fingerprint density at radius 2 is 2.31 bits per heavy atom. The Kier molecular flexibility index (Phi) is 3.02. The van der Waals surface area contributed by atoms with Crippen molar-refractivity contribution in [2.45, 2.75) is 19.3 Å². The van der Waals surface area contributed by atoms with Gasteiger partial charge in [0, 0.05) is 18.2 Å². The number of nitrogens with one attached hydrogen (secondary N) is 1. The summed E-state index contributed by atoms with van der Waals surface area (Å²) in [5, 5.41) is 15.4. The third-order valence-corrected chi connectivity index (χ3v) is 2.68. The van der Waals surface area contributed by atoms with Gasteiger partial charge < -0.3 is 0 Å². The van der Waals surface area contributed by atoms with E-state index in [2.05, 4.69) is 35.3 Å². The number of nitrogens with zero attached hydrogens (tertiary/aromatic N) is 2. The molecule has 0 bridgehead atoms. The Morgan fingerprint density at radius 3 is 3.00 bits per heavy atom. The molecule has 1 N–H and O–H groups in total. The zero-order valence-electron chi connectivity index (χ0n) is 9.14. The molecule has 0 saturated heterocycles. The first-order chi connectivity index (χ1) is 7.81. The lowest BCUT2D eigenvalue weighted by Gasteiger charge is -2.08. The van der Waals surface area contributed by atoms with E-state index in [1.165, 1.54) is 5.56 Å². The van der Waals surface area contributed by atoms with Crippen LogP contribution in [-0.2, 0) is 0 Å². The summed E-state index contributed by atoms with van der Waals surface area (Å²) in [6, 6.07) is 10.4. The zero-order valence-corrected chi connectivity index (χ0v) is 9.14. The van der Waals surface area contributed by atoms with Crippen molar-refractivity contribution < 1.29 is 0 Å². The fourth-order valence-corrected chi connectivity index (χ4v) is 1.69. The van der Waals surface area contributed by atoms with Gasteiger partial charge in [-0.3, -0.25) is 5.10 Å². The van der Waals surface area contributed by atoms with Crippen LogP contribution in [0, 0.1) is 11.3 Å².